The molecule has 1 amide bonds. The second-order valence-corrected chi connectivity index (χ2v) is 5.31. The Labute approximate surface area is 106 Å². The SMILES string of the molecule is CSCC(C)C(=O)Nc1ccc2c(c1)CCN2. The highest BCUT2D eigenvalue weighted by Gasteiger charge is 2.14. The molecule has 2 rings (SSSR count). The van der Waals surface area contributed by atoms with Crippen molar-refractivity contribution >= 4 is 29.0 Å². The summed E-state index contributed by atoms with van der Waals surface area (Å²) in [6.07, 6.45) is 3.06. The molecule has 1 atom stereocenters. The first kappa shape index (κ1) is 12.3. The van der Waals surface area contributed by atoms with E-state index in [4.69, 9.17) is 0 Å². The number of amides is 1. The maximum absolute atomic E-state index is 11.9. The minimum absolute atomic E-state index is 0.0522. The largest absolute Gasteiger partial charge is 0.384 e. The molecule has 92 valence electrons. The third-order valence-corrected chi connectivity index (χ3v) is 3.78. The van der Waals surface area contributed by atoms with E-state index in [1.54, 1.807) is 11.8 Å². The van der Waals surface area contributed by atoms with Crippen molar-refractivity contribution in [1.29, 1.82) is 0 Å². The normalized spacial score (nSPS) is 14.9. The number of benzene rings is 1. The van der Waals surface area contributed by atoms with E-state index < -0.39 is 0 Å². The number of carbonyl (C=O) groups is 1. The Balaban J connectivity index is 2.01. The Morgan fingerprint density at radius 1 is 1.59 bits per heavy atom. The van der Waals surface area contributed by atoms with Crippen molar-refractivity contribution in [3.8, 4) is 0 Å². The van der Waals surface area contributed by atoms with Crippen molar-refractivity contribution in [2.45, 2.75) is 13.3 Å². The highest BCUT2D eigenvalue weighted by molar-refractivity contribution is 7.98. The molecule has 17 heavy (non-hydrogen) atoms. The van der Waals surface area contributed by atoms with Gasteiger partial charge in [0.1, 0.15) is 0 Å². The van der Waals surface area contributed by atoms with Gasteiger partial charge in [0, 0.05) is 29.6 Å². The van der Waals surface area contributed by atoms with Gasteiger partial charge in [-0.3, -0.25) is 4.79 Å². The minimum Gasteiger partial charge on any atom is -0.384 e. The predicted molar refractivity (Wildman–Crippen MR) is 74.8 cm³/mol. The van der Waals surface area contributed by atoms with Crippen molar-refractivity contribution < 1.29 is 4.79 Å². The predicted octanol–water partition coefficient (Wildman–Crippen LogP) is 2.59. The first-order chi connectivity index (χ1) is 8.20. The van der Waals surface area contributed by atoms with E-state index >= 15 is 0 Å². The molecule has 1 aliphatic rings. The number of anilines is 2. The molecule has 0 fully saturated rings. The van der Waals surface area contributed by atoms with E-state index in [1.807, 2.05) is 25.3 Å². The van der Waals surface area contributed by atoms with Crippen molar-refractivity contribution in [2.24, 2.45) is 5.92 Å². The zero-order chi connectivity index (χ0) is 12.3. The summed E-state index contributed by atoms with van der Waals surface area (Å²) in [4.78, 5) is 11.9. The lowest BCUT2D eigenvalue weighted by Gasteiger charge is -2.11. The van der Waals surface area contributed by atoms with Crippen LogP contribution in [0.1, 0.15) is 12.5 Å². The van der Waals surface area contributed by atoms with Gasteiger partial charge in [-0.15, -0.1) is 0 Å². The molecule has 1 heterocycles. The van der Waals surface area contributed by atoms with E-state index in [-0.39, 0.29) is 11.8 Å². The van der Waals surface area contributed by atoms with Crippen molar-refractivity contribution in [2.75, 3.05) is 29.2 Å². The summed E-state index contributed by atoms with van der Waals surface area (Å²) in [6, 6.07) is 6.07. The lowest BCUT2D eigenvalue weighted by Crippen LogP contribution is -2.22. The lowest BCUT2D eigenvalue weighted by atomic mass is 10.1. The number of rotatable bonds is 4. The van der Waals surface area contributed by atoms with Crippen LogP contribution in [0.15, 0.2) is 18.2 Å². The molecule has 3 nitrogen and oxygen atoms in total. The van der Waals surface area contributed by atoms with Gasteiger partial charge in [-0.05, 0) is 36.4 Å². The Kier molecular flexibility index (Phi) is 3.94. The average molecular weight is 250 g/mol. The first-order valence-corrected chi connectivity index (χ1v) is 7.26. The first-order valence-electron chi connectivity index (χ1n) is 5.87. The van der Waals surface area contributed by atoms with Gasteiger partial charge in [-0.2, -0.15) is 11.8 Å². The number of nitrogens with one attached hydrogen (secondary N) is 2. The highest BCUT2D eigenvalue weighted by Crippen LogP contribution is 2.25. The molecule has 0 bridgehead atoms. The number of hydrogen-bond acceptors (Lipinski definition) is 3. The molecule has 4 heteroatoms. The van der Waals surface area contributed by atoms with Crippen LogP contribution in [0.4, 0.5) is 11.4 Å². The zero-order valence-corrected chi connectivity index (χ0v) is 11.1. The molecule has 0 spiro atoms. The smallest absolute Gasteiger partial charge is 0.228 e. The van der Waals surface area contributed by atoms with Crippen LogP contribution in [-0.2, 0) is 11.2 Å². The summed E-state index contributed by atoms with van der Waals surface area (Å²) in [7, 11) is 0. The topological polar surface area (TPSA) is 41.1 Å². The summed E-state index contributed by atoms with van der Waals surface area (Å²) in [5, 5.41) is 6.28. The summed E-state index contributed by atoms with van der Waals surface area (Å²) >= 11 is 1.70. The standard InChI is InChI=1S/C13H18N2OS/c1-9(8-17-2)13(16)15-11-3-4-12-10(7-11)5-6-14-12/h3-4,7,9,14H,5-6,8H2,1-2H3,(H,15,16). The monoisotopic (exact) mass is 250 g/mol. The van der Waals surface area contributed by atoms with E-state index in [1.165, 1.54) is 11.3 Å². The minimum atomic E-state index is 0.0522. The van der Waals surface area contributed by atoms with Crippen LogP contribution in [-0.4, -0.2) is 24.5 Å². The van der Waals surface area contributed by atoms with Crippen LogP contribution in [0.5, 0.6) is 0 Å². The Morgan fingerprint density at radius 3 is 3.18 bits per heavy atom. The molecule has 2 N–H and O–H groups in total. The van der Waals surface area contributed by atoms with Gasteiger partial charge >= 0.3 is 0 Å². The molecular weight excluding hydrogens is 232 g/mol. The second kappa shape index (κ2) is 5.45. The fourth-order valence-corrected chi connectivity index (χ4v) is 2.63. The quantitative estimate of drug-likeness (QED) is 0.863. The highest BCUT2D eigenvalue weighted by atomic mass is 32.2. The van der Waals surface area contributed by atoms with Crippen LogP contribution >= 0.6 is 11.8 Å². The molecule has 1 aromatic rings. The average Bonchev–Trinajstić information content (AvgIpc) is 2.76. The maximum Gasteiger partial charge on any atom is 0.228 e. The van der Waals surface area contributed by atoms with E-state index in [9.17, 15) is 4.79 Å². The van der Waals surface area contributed by atoms with Gasteiger partial charge in [0.05, 0.1) is 0 Å². The molecule has 0 radical (unpaired) electrons. The Morgan fingerprint density at radius 2 is 2.41 bits per heavy atom. The van der Waals surface area contributed by atoms with E-state index in [0.29, 0.717) is 0 Å². The molecule has 0 saturated heterocycles. The van der Waals surface area contributed by atoms with Gasteiger partial charge in [-0.1, -0.05) is 6.92 Å². The summed E-state index contributed by atoms with van der Waals surface area (Å²) < 4.78 is 0. The van der Waals surface area contributed by atoms with Crippen molar-refractivity contribution in [1.82, 2.24) is 0 Å². The van der Waals surface area contributed by atoms with Gasteiger partial charge in [0.25, 0.3) is 0 Å². The third-order valence-electron chi connectivity index (χ3n) is 2.95. The zero-order valence-electron chi connectivity index (χ0n) is 10.2. The molecular formula is C13H18N2OS. The number of thioether (sulfide) groups is 1. The van der Waals surface area contributed by atoms with Crippen LogP contribution in [0, 0.1) is 5.92 Å². The van der Waals surface area contributed by atoms with Gasteiger partial charge in [0.15, 0.2) is 0 Å². The molecule has 1 aromatic carbocycles. The van der Waals surface area contributed by atoms with E-state index in [0.717, 1.165) is 24.4 Å². The number of carbonyl (C=O) groups excluding carboxylic acids is 1. The molecule has 0 aromatic heterocycles. The third kappa shape index (κ3) is 2.94. The summed E-state index contributed by atoms with van der Waals surface area (Å²) in [6.45, 7) is 2.95. The lowest BCUT2D eigenvalue weighted by molar-refractivity contribution is -0.118. The van der Waals surface area contributed by atoms with Crippen molar-refractivity contribution in [3.63, 3.8) is 0 Å². The van der Waals surface area contributed by atoms with Crippen LogP contribution in [0.2, 0.25) is 0 Å². The second-order valence-electron chi connectivity index (χ2n) is 4.39. The van der Waals surface area contributed by atoms with Crippen LogP contribution < -0.4 is 10.6 Å². The number of hydrogen-bond donors (Lipinski definition) is 2. The molecule has 1 aliphatic heterocycles. The Bertz CT molecular complexity index is 420. The van der Waals surface area contributed by atoms with Crippen LogP contribution in [0.25, 0.3) is 0 Å². The van der Waals surface area contributed by atoms with E-state index in [2.05, 4.69) is 16.7 Å². The van der Waals surface area contributed by atoms with Gasteiger partial charge in [0.2, 0.25) is 5.91 Å². The fraction of sp³-hybridized carbons (Fsp3) is 0.462. The summed E-state index contributed by atoms with van der Waals surface area (Å²) in [5.41, 5.74) is 3.39. The molecule has 0 saturated carbocycles. The number of fused-ring (bicyclic) bond motifs is 1. The van der Waals surface area contributed by atoms with Crippen LogP contribution in [0.3, 0.4) is 0 Å². The maximum atomic E-state index is 11.9. The van der Waals surface area contributed by atoms with Crippen molar-refractivity contribution in [3.05, 3.63) is 23.8 Å². The molecule has 0 aliphatic carbocycles. The van der Waals surface area contributed by atoms with Gasteiger partial charge in [-0.25, -0.2) is 0 Å². The molecule has 1 unspecified atom stereocenters. The van der Waals surface area contributed by atoms with Gasteiger partial charge < -0.3 is 10.6 Å². The Hall–Kier alpha value is -1.16. The fourth-order valence-electron chi connectivity index (χ4n) is 1.97. The summed E-state index contributed by atoms with van der Waals surface area (Å²) in [5.74, 6) is 1.01.